The maximum atomic E-state index is 10.6. The van der Waals surface area contributed by atoms with Gasteiger partial charge in [-0.05, 0) is 17.1 Å². The summed E-state index contributed by atoms with van der Waals surface area (Å²) < 4.78 is 1.35. The van der Waals surface area contributed by atoms with Crippen LogP contribution in [0.4, 0.5) is 11.5 Å². The first-order valence-electron chi connectivity index (χ1n) is 4.89. The zero-order valence-electron chi connectivity index (χ0n) is 9.08. The Morgan fingerprint density at radius 3 is 3.00 bits per heavy atom. The van der Waals surface area contributed by atoms with E-state index in [9.17, 15) is 10.1 Å². The number of rotatable bonds is 4. The lowest BCUT2D eigenvalue weighted by Gasteiger charge is -2.01. The van der Waals surface area contributed by atoms with Crippen molar-refractivity contribution < 1.29 is 4.92 Å². The molecule has 0 amide bonds. The summed E-state index contributed by atoms with van der Waals surface area (Å²) >= 11 is 5.69. The molecule has 8 nitrogen and oxygen atoms in total. The van der Waals surface area contributed by atoms with E-state index in [-0.39, 0.29) is 17.4 Å². The Morgan fingerprint density at radius 1 is 1.61 bits per heavy atom. The van der Waals surface area contributed by atoms with Gasteiger partial charge in [-0.15, -0.1) is 0 Å². The number of hydrazine groups is 1. The molecule has 0 spiro atoms. The molecule has 0 saturated heterocycles. The SMILES string of the molecule is NNc1ccnc(Cn2cc(Cl)c([N+](=O)[O-])n2)c1. The van der Waals surface area contributed by atoms with Gasteiger partial charge in [-0.25, -0.2) is 0 Å². The Bertz CT molecular complexity index is 584. The first-order chi connectivity index (χ1) is 8.60. The zero-order valence-corrected chi connectivity index (χ0v) is 9.83. The van der Waals surface area contributed by atoms with Crippen LogP contribution in [0.15, 0.2) is 24.5 Å². The van der Waals surface area contributed by atoms with Crippen molar-refractivity contribution in [1.29, 1.82) is 0 Å². The number of anilines is 1. The number of aromatic nitrogens is 3. The van der Waals surface area contributed by atoms with Crippen molar-refractivity contribution in [1.82, 2.24) is 14.8 Å². The fourth-order valence-corrected chi connectivity index (χ4v) is 1.63. The highest BCUT2D eigenvalue weighted by Crippen LogP contribution is 2.21. The van der Waals surface area contributed by atoms with E-state index in [4.69, 9.17) is 17.4 Å². The van der Waals surface area contributed by atoms with Crippen molar-refractivity contribution in [3.05, 3.63) is 45.4 Å². The number of pyridine rings is 1. The highest BCUT2D eigenvalue weighted by Gasteiger charge is 2.19. The van der Waals surface area contributed by atoms with Crippen LogP contribution in [0, 0.1) is 10.1 Å². The van der Waals surface area contributed by atoms with Gasteiger partial charge < -0.3 is 15.5 Å². The summed E-state index contributed by atoms with van der Waals surface area (Å²) in [6.07, 6.45) is 2.95. The Morgan fingerprint density at radius 2 is 2.39 bits per heavy atom. The molecule has 0 fully saturated rings. The van der Waals surface area contributed by atoms with Crippen LogP contribution in [0.25, 0.3) is 0 Å². The largest absolute Gasteiger partial charge is 0.408 e. The van der Waals surface area contributed by atoms with Crippen LogP contribution in [-0.2, 0) is 6.54 Å². The molecule has 0 atom stereocenters. The van der Waals surface area contributed by atoms with E-state index < -0.39 is 4.92 Å². The van der Waals surface area contributed by atoms with Gasteiger partial charge in [0.2, 0.25) is 0 Å². The molecule has 94 valence electrons. The second-order valence-corrected chi connectivity index (χ2v) is 3.84. The topological polar surface area (TPSA) is 112 Å². The van der Waals surface area contributed by atoms with E-state index in [1.54, 1.807) is 18.3 Å². The summed E-state index contributed by atoms with van der Waals surface area (Å²) in [5.74, 6) is 4.90. The van der Waals surface area contributed by atoms with Crippen LogP contribution >= 0.6 is 11.6 Å². The molecule has 0 aliphatic heterocycles. The van der Waals surface area contributed by atoms with Gasteiger partial charge in [0.05, 0.1) is 22.7 Å². The van der Waals surface area contributed by atoms with Gasteiger partial charge in [-0.3, -0.25) is 10.8 Å². The Kier molecular flexibility index (Phi) is 3.40. The van der Waals surface area contributed by atoms with Gasteiger partial charge in [0.15, 0.2) is 5.02 Å². The van der Waals surface area contributed by atoms with E-state index in [0.717, 1.165) is 0 Å². The summed E-state index contributed by atoms with van der Waals surface area (Å²) in [7, 11) is 0. The lowest BCUT2D eigenvalue weighted by molar-refractivity contribution is -0.389. The quantitative estimate of drug-likeness (QED) is 0.489. The van der Waals surface area contributed by atoms with Crippen LogP contribution in [0.5, 0.6) is 0 Å². The number of halogens is 1. The van der Waals surface area contributed by atoms with Crippen molar-refractivity contribution in [3.8, 4) is 0 Å². The molecule has 3 N–H and O–H groups in total. The Balaban J connectivity index is 2.23. The smallest absolute Gasteiger partial charge is 0.358 e. The summed E-state index contributed by atoms with van der Waals surface area (Å²) in [4.78, 5) is 14.1. The van der Waals surface area contributed by atoms with Gasteiger partial charge >= 0.3 is 5.82 Å². The molecule has 2 heterocycles. The van der Waals surface area contributed by atoms with Crippen LogP contribution < -0.4 is 11.3 Å². The molecule has 0 unspecified atom stereocenters. The average molecular weight is 269 g/mol. The van der Waals surface area contributed by atoms with Crippen molar-refractivity contribution in [2.45, 2.75) is 6.54 Å². The standard InChI is InChI=1S/C9H9ClN6O2/c10-8-5-15(14-9(8)16(17)18)4-7-3-6(13-11)1-2-12-7/h1-3,5H,4,11H2,(H,12,13). The molecule has 9 heteroatoms. The third-order valence-corrected chi connectivity index (χ3v) is 2.45. The molecule has 0 radical (unpaired) electrons. The minimum atomic E-state index is -0.635. The van der Waals surface area contributed by atoms with E-state index >= 15 is 0 Å². The van der Waals surface area contributed by atoms with Gasteiger partial charge in [-0.2, -0.15) is 4.68 Å². The van der Waals surface area contributed by atoms with E-state index in [0.29, 0.717) is 11.4 Å². The second kappa shape index (κ2) is 4.98. The molecule has 2 rings (SSSR count). The first-order valence-corrected chi connectivity index (χ1v) is 5.27. The van der Waals surface area contributed by atoms with Gasteiger partial charge in [0, 0.05) is 6.20 Å². The molecular formula is C9H9ClN6O2. The van der Waals surface area contributed by atoms with Crippen LogP contribution in [0.2, 0.25) is 5.02 Å². The third kappa shape index (κ3) is 2.55. The fourth-order valence-electron chi connectivity index (χ4n) is 1.41. The van der Waals surface area contributed by atoms with Crippen molar-refractivity contribution >= 4 is 23.1 Å². The van der Waals surface area contributed by atoms with Gasteiger partial charge in [0.1, 0.15) is 6.54 Å². The highest BCUT2D eigenvalue weighted by atomic mass is 35.5. The number of nitrogens with one attached hydrogen (secondary N) is 1. The number of nitrogens with zero attached hydrogens (tertiary/aromatic N) is 4. The number of hydrogen-bond donors (Lipinski definition) is 2. The molecule has 18 heavy (non-hydrogen) atoms. The van der Waals surface area contributed by atoms with E-state index in [2.05, 4.69) is 15.5 Å². The average Bonchev–Trinajstić information content (AvgIpc) is 2.70. The summed E-state index contributed by atoms with van der Waals surface area (Å²) in [5.41, 5.74) is 3.82. The van der Waals surface area contributed by atoms with Crippen molar-refractivity contribution in [3.63, 3.8) is 0 Å². The number of nitro groups is 1. The predicted octanol–water partition coefficient (Wildman–Crippen LogP) is 1.17. The number of nitrogen functional groups attached to an aromatic ring is 1. The molecule has 0 aliphatic carbocycles. The number of hydrogen-bond acceptors (Lipinski definition) is 6. The maximum Gasteiger partial charge on any atom is 0.408 e. The molecule has 0 aliphatic rings. The normalized spacial score (nSPS) is 10.3. The monoisotopic (exact) mass is 268 g/mol. The lowest BCUT2D eigenvalue weighted by atomic mass is 10.3. The van der Waals surface area contributed by atoms with Gasteiger partial charge in [0.25, 0.3) is 0 Å². The third-order valence-electron chi connectivity index (χ3n) is 2.18. The van der Waals surface area contributed by atoms with E-state index in [1.807, 2.05) is 0 Å². The fraction of sp³-hybridized carbons (Fsp3) is 0.111. The summed E-state index contributed by atoms with van der Waals surface area (Å²) in [5, 5.41) is 14.3. The number of nitrogens with two attached hydrogens (primary N) is 1. The van der Waals surface area contributed by atoms with Crippen molar-refractivity contribution in [2.75, 3.05) is 5.43 Å². The summed E-state index contributed by atoms with van der Waals surface area (Å²) in [6, 6.07) is 3.41. The van der Waals surface area contributed by atoms with Crippen LogP contribution in [0.1, 0.15) is 5.69 Å². The zero-order chi connectivity index (χ0) is 13.1. The van der Waals surface area contributed by atoms with Gasteiger partial charge in [-0.1, -0.05) is 11.6 Å². The van der Waals surface area contributed by atoms with Crippen molar-refractivity contribution in [2.24, 2.45) is 5.84 Å². The first kappa shape index (κ1) is 12.3. The maximum absolute atomic E-state index is 10.6. The Hall–Kier alpha value is -2.19. The molecule has 0 bridgehead atoms. The molecule has 0 saturated carbocycles. The second-order valence-electron chi connectivity index (χ2n) is 3.44. The Labute approximate surface area is 106 Å². The van der Waals surface area contributed by atoms with E-state index in [1.165, 1.54) is 10.9 Å². The van der Waals surface area contributed by atoms with Crippen LogP contribution in [0.3, 0.4) is 0 Å². The molecule has 2 aromatic heterocycles. The highest BCUT2D eigenvalue weighted by molar-refractivity contribution is 6.32. The minimum Gasteiger partial charge on any atom is -0.358 e. The molecule has 2 aromatic rings. The lowest BCUT2D eigenvalue weighted by Crippen LogP contribution is -2.08. The summed E-state index contributed by atoms with van der Waals surface area (Å²) in [6.45, 7) is 0.267. The predicted molar refractivity (Wildman–Crippen MR) is 65.0 cm³/mol. The van der Waals surface area contributed by atoms with Crippen LogP contribution in [-0.4, -0.2) is 19.7 Å². The molecule has 0 aromatic carbocycles. The molecular weight excluding hydrogens is 260 g/mol. The minimum absolute atomic E-state index is 0.00638.